The average molecular weight is 336 g/mol. The molecule has 0 bridgehead atoms. The van der Waals surface area contributed by atoms with Crippen molar-refractivity contribution in [1.29, 1.82) is 0 Å². The van der Waals surface area contributed by atoms with E-state index < -0.39 is 4.92 Å². The molecule has 0 heterocycles. The van der Waals surface area contributed by atoms with E-state index in [9.17, 15) is 10.1 Å². The number of nitro groups is 1. The molecule has 0 fully saturated rings. The fourth-order valence-electron chi connectivity index (χ4n) is 1.94. The van der Waals surface area contributed by atoms with Crippen molar-refractivity contribution in [2.45, 2.75) is 19.2 Å². The van der Waals surface area contributed by atoms with Crippen LogP contribution in [-0.4, -0.2) is 4.92 Å². The van der Waals surface area contributed by atoms with Crippen molar-refractivity contribution in [2.75, 3.05) is 0 Å². The fraction of sp³-hybridized carbons (Fsp3) is 0.200. The van der Waals surface area contributed by atoms with Gasteiger partial charge in [-0.1, -0.05) is 39.7 Å². The summed E-state index contributed by atoms with van der Waals surface area (Å²) in [5.41, 5.74) is 2.74. The van der Waals surface area contributed by atoms with Gasteiger partial charge in [0.1, 0.15) is 11.5 Å². The molecule has 0 spiro atoms. The molecule has 0 atom stereocenters. The van der Waals surface area contributed by atoms with E-state index >= 15 is 0 Å². The molecule has 0 amide bonds. The van der Waals surface area contributed by atoms with Crippen molar-refractivity contribution in [3.63, 3.8) is 0 Å². The minimum atomic E-state index is -0.400. The molecule has 104 valence electrons. The normalized spacial score (nSPS) is 10.3. The summed E-state index contributed by atoms with van der Waals surface area (Å²) in [6.07, 6.45) is 0. The molecule has 0 N–H and O–H groups in total. The summed E-state index contributed by atoms with van der Waals surface area (Å²) in [6.45, 7) is 3.70. The molecule has 0 aromatic heterocycles. The van der Waals surface area contributed by atoms with Crippen LogP contribution >= 0.6 is 15.9 Å². The fourth-order valence-corrected chi connectivity index (χ4v) is 2.38. The molecule has 0 saturated heterocycles. The number of nitro benzene ring substituents is 1. The molecule has 4 nitrogen and oxygen atoms in total. The van der Waals surface area contributed by atoms with Crippen LogP contribution in [0.5, 0.6) is 11.5 Å². The van der Waals surface area contributed by atoms with Crippen molar-refractivity contribution in [3.05, 3.63) is 63.2 Å². The number of aryl methyl sites for hydroxylation is 1. The van der Waals surface area contributed by atoms with Gasteiger partial charge < -0.3 is 4.74 Å². The van der Waals surface area contributed by atoms with Gasteiger partial charge in [-0.3, -0.25) is 10.1 Å². The minimum Gasteiger partial charge on any atom is -0.457 e. The molecule has 0 radical (unpaired) electrons. The van der Waals surface area contributed by atoms with Crippen molar-refractivity contribution in [1.82, 2.24) is 0 Å². The van der Waals surface area contributed by atoms with Crippen LogP contribution in [0, 0.1) is 24.0 Å². The second kappa shape index (κ2) is 6.05. The largest absolute Gasteiger partial charge is 0.457 e. The van der Waals surface area contributed by atoms with Gasteiger partial charge in [0.2, 0.25) is 0 Å². The number of nitrogens with zero attached hydrogens (tertiary/aromatic N) is 1. The Morgan fingerprint density at radius 3 is 2.60 bits per heavy atom. The summed E-state index contributed by atoms with van der Waals surface area (Å²) in [6, 6.07) is 10.7. The zero-order valence-corrected chi connectivity index (χ0v) is 12.8. The van der Waals surface area contributed by atoms with Crippen molar-refractivity contribution >= 4 is 21.6 Å². The molecule has 20 heavy (non-hydrogen) atoms. The second-order valence-corrected chi connectivity index (χ2v) is 5.06. The molecule has 0 saturated carbocycles. The number of ether oxygens (including phenoxy) is 1. The standard InChI is InChI=1S/C15H14BrNO3/c1-10-6-7-15(12(8-10)9-16)20-14-5-3-4-13(11(14)2)17(18)19/h3-8H,9H2,1-2H3. The summed E-state index contributed by atoms with van der Waals surface area (Å²) >= 11 is 3.42. The van der Waals surface area contributed by atoms with Crippen molar-refractivity contribution in [3.8, 4) is 11.5 Å². The number of benzene rings is 2. The van der Waals surface area contributed by atoms with Crippen molar-refractivity contribution < 1.29 is 9.66 Å². The Labute approximate surface area is 125 Å². The zero-order chi connectivity index (χ0) is 14.7. The molecule has 0 aliphatic carbocycles. The third kappa shape index (κ3) is 2.99. The van der Waals surface area contributed by atoms with Gasteiger partial charge in [-0.05, 0) is 26.0 Å². The maximum atomic E-state index is 10.9. The number of hydrogen-bond donors (Lipinski definition) is 0. The first-order valence-corrected chi connectivity index (χ1v) is 7.22. The van der Waals surface area contributed by atoms with E-state index in [4.69, 9.17) is 4.74 Å². The van der Waals surface area contributed by atoms with Crippen LogP contribution < -0.4 is 4.74 Å². The number of hydrogen-bond acceptors (Lipinski definition) is 3. The Morgan fingerprint density at radius 1 is 1.20 bits per heavy atom. The predicted molar refractivity (Wildman–Crippen MR) is 81.7 cm³/mol. The lowest BCUT2D eigenvalue weighted by atomic mass is 10.1. The van der Waals surface area contributed by atoms with Gasteiger partial charge in [-0.2, -0.15) is 0 Å². The van der Waals surface area contributed by atoms with Gasteiger partial charge in [0, 0.05) is 17.0 Å². The van der Waals surface area contributed by atoms with Crippen molar-refractivity contribution in [2.24, 2.45) is 0 Å². The van der Waals surface area contributed by atoms with Crippen LogP contribution in [0.1, 0.15) is 16.7 Å². The Morgan fingerprint density at radius 2 is 1.95 bits per heavy atom. The van der Waals surface area contributed by atoms with E-state index in [1.807, 2.05) is 25.1 Å². The van der Waals surface area contributed by atoms with Crippen LogP contribution in [0.2, 0.25) is 0 Å². The molecule has 5 heteroatoms. The maximum Gasteiger partial charge on any atom is 0.276 e. The van der Waals surface area contributed by atoms with Gasteiger partial charge >= 0.3 is 0 Å². The Bertz CT molecular complexity index is 656. The van der Waals surface area contributed by atoms with E-state index in [0.29, 0.717) is 22.4 Å². The first kappa shape index (κ1) is 14.5. The zero-order valence-electron chi connectivity index (χ0n) is 11.2. The van der Waals surface area contributed by atoms with Crippen LogP contribution in [0.3, 0.4) is 0 Å². The van der Waals surface area contributed by atoms with Crippen LogP contribution in [-0.2, 0) is 5.33 Å². The molecular formula is C15H14BrNO3. The first-order valence-electron chi connectivity index (χ1n) is 6.10. The second-order valence-electron chi connectivity index (χ2n) is 4.50. The van der Waals surface area contributed by atoms with Gasteiger partial charge in [-0.25, -0.2) is 0 Å². The summed E-state index contributed by atoms with van der Waals surface area (Å²) in [4.78, 5) is 10.5. The number of alkyl halides is 1. The van der Waals surface area contributed by atoms with Gasteiger partial charge in [-0.15, -0.1) is 0 Å². The summed E-state index contributed by atoms with van der Waals surface area (Å²) in [5.74, 6) is 1.21. The molecule has 2 rings (SSSR count). The van der Waals surface area contributed by atoms with Crippen LogP contribution in [0.4, 0.5) is 5.69 Å². The highest BCUT2D eigenvalue weighted by atomic mass is 79.9. The van der Waals surface area contributed by atoms with E-state index in [-0.39, 0.29) is 5.69 Å². The summed E-state index contributed by atoms with van der Waals surface area (Å²) in [7, 11) is 0. The Balaban J connectivity index is 2.40. The Kier molecular flexibility index (Phi) is 4.39. The monoisotopic (exact) mass is 335 g/mol. The number of halogens is 1. The van der Waals surface area contributed by atoms with E-state index in [1.165, 1.54) is 6.07 Å². The summed E-state index contributed by atoms with van der Waals surface area (Å²) < 4.78 is 5.84. The number of rotatable bonds is 4. The SMILES string of the molecule is Cc1ccc(Oc2cccc([N+](=O)[O-])c2C)c(CBr)c1. The van der Waals surface area contributed by atoms with E-state index in [0.717, 1.165) is 11.1 Å². The topological polar surface area (TPSA) is 52.4 Å². The van der Waals surface area contributed by atoms with Crippen LogP contribution in [0.15, 0.2) is 36.4 Å². The highest BCUT2D eigenvalue weighted by Gasteiger charge is 2.15. The molecule has 0 unspecified atom stereocenters. The lowest BCUT2D eigenvalue weighted by Crippen LogP contribution is -1.96. The smallest absolute Gasteiger partial charge is 0.276 e. The third-order valence-corrected chi connectivity index (χ3v) is 3.64. The van der Waals surface area contributed by atoms with Gasteiger partial charge in [0.05, 0.1) is 10.5 Å². The molecule has 2 aromatic carbocycles. The lowest BCUT2D eigenvalue weighted by Gasteiger charge is -2.12. The predicted octanol–water partition coefficient (Wildman–Crippen LogP) is 4.90. The van der Waals surface area contributed by atoms with Gasteiger partial charge in [0.25, 0.3) is 5.69 Å². The minimum absolute atomic E-state index is 0.0648. The summed E-state index contributed by atoms with van der Waals surface area (Å²) in [5, 5.41) is 11.6. The van der Waals surface area contributed by atoms with Crippen LogP contribution in [0.25, 0.3) is 0 Å². The maximum absolute atomic E-state index is 10.9. The quantitative estimate of drug-likeness (QED) is 0.453. The Hall–Kier alpha value is -1.88. The molecule has 2 aromatic rings. The highest BCUT2D eigenvalue weighted by Crippen LogP contribution is 2.33. The van der Waals surface area contributed by atoms with E-state index in [2.05, 4.69) is 15.9 Å². The van der Waals surface area contributed by atoms with E-state index in [1.54, 1.807) is 19.1 Å². The lowest BCUT2D eigenvalue weighted by molar-refractivity contribution is -0.385. The molecule has 0 aliphatic rings. The van der Waals surface area contributed by atoms with Gasteiger partial charge in [0.15, 0.2) is 0 Å². The first-order chi connectivity index (χ1) is 9.52. The highest BCUT2D eigenvalue weighted by molar-refractivity contribution is 9.08. The third-order valence-electron chi connectivity index (χ3n) is 3.03. The average Bonchev–Trinajstić information content (AvgIpc) is 2.42. The molecule has 0 aliphatic heterocycles. The molecular weight excluding hydrogens is 322 g/mol.